The molecule has 1 atom stereocenters. The molecule has 0 bridgehead atoms. The van der Waals surface area contributed by atoms with E-state index in [4.69, 9.17) is 0 Å². The highest BCUT2D eigenvalue weighted by atomic mass is 32.2. The first-order valence-corrected chi connectivity index (χ1v) is 7.68. The molecule has 2 heteroatoms. The van der Waals surface area contributed by atoms with Crippen molar-refractivity contribution >= 4 is 11.8 Å². The summed E-state index contributed by atoms with van der Waals surface area (Å²) in [4.78, 5) is 0. The number of hydrogen-bond acceptors (Lipinski definition) is 2. The molecule has 0 aromatic carbocycles. The molecule has 1 nitrogen and oxygen atoms in total. The summed E-state index contributed by atoms with van der Waals surface area (Å²) in [5, 5.41) is 3.52. The lowest BCUT2D eigenvalue weighted by Gasteiger charge is -2.32. The SMILES string of the molecule is CCCSCC(NC)C1CCC(C)CC1. The number of nitrogens with one attached hydrogen (secondary N) is 1. The Morgan fingerprint density at radius 2 is 1.93 bits per heavy atom. The first-order valence-electron chi connectivity index (χ1n) is 6.53. The standard InChI is InChI=1S/C13H27NS/c1-4-9-15-10-13(14-3)12-7-5-11(2)6-8-12/h11-14H,4-10H2,1-3H3. The molecule has 1 aliphatic carbocycles. The van der Waals surface area contributed by atoms with Gasteiger partial charge >= 0.3 is 0 Å². The molecule has 0 aromatic heterocycles. The van der Waals surface area contributed by atoms with Crippen LogP contribution < -0.4 is 5.32 Å². The van der Waals surface area contributed by atoms with E-state index >= 15 is 0 Å². The molecule has 1 aliphatic rings. The lowest BCUT2D eigenvalue weighted by atomic mass is 9.80. The maximum absolute atomic E-state index is 3.52. The number of thioether (sulfide) groups is 1. The Bertz CT molecular complexity index is 153. The predicted octanol–water partition coefficient (Wildman–Crippen LogP) is 3.54. The van der Waals surface area contributed by atoms with E-state index in [-0.39, 0.29) is 0 Å². The molecular weight excluding hydrogens is 202 g/mol. The summed E-state index contributed by atoms with van der Waals surface area (Å²) < 4.78 is 0. The van der Waals surface area contributed by atoms with Gasteiger partial charge in [-0.3, -0.25) is 0 Å². The van der Waals surface area contributed by atoms with Crippen LogP contribution in [0.2, 0.25) is 0 Å². The van der Waals surface area contributed by atoms with E-state index in [1.807, 2.05) is 0 Å². The van der Waals surface area contributed by atoms with Gasteiger partial charge in [-0.15, -0.1) is 0 Å². The Balaban J connectivity index is 2.24. The summed E-state index contributed by atoms with van der Waals surface area (Å²) in [5.74, 6) is 4.54. The minimum atomic E-state index is 0.758. The van der Waals surface area contributed by atoms with Crippen molar-refractivity contribution in [3.8, 4) is 0 Å². The first-order chi connectivity index (χ1) is 7.27. The van der Waals surface area contributed by atoms with E-state index in [2.05, 4.69) is 38.0 Å². The van der Waals surface area contributed by atoms with Crippen LogP contribution in [-0.4, -0.2) is 24.6 Å². The van der Waals surface area contributed by atoms with Crippen molar-refractivity contribution in [1.29, 1.82) is 0 Å². The molecule has 0 radical (unpaired) electrons. The summed E-state index contributed by atoms with van der Waals surface area (Å²) in [7, 11) is 2.13. The molecule has 90 valence electrons. The van der Waals surface area contributed by atoms with Gasteiger partial charge in [0.15, 0.2) is 0 Å². The van der Waals surface area contributed by atoms with Crippen molar-refractivity contribution in [2.24, 2.45) is 11.8 Å². The summed E-state index contributed by atoms with van der Waals surface area (Å²) in [6.07, 6.45) is 7.09. The summed E-state index contributed by atoms with van der Waals surface area (Å²) in [5.41, 5.74) is 0. The highest BCUT2D eigenvalue weighted by molar-refractivity contribution is 7.99. The molecular formula is C13H27NS. The van der Waals surface area contributed by atoms with Gasteiger partial charge in [-0.05, 0) is 43.9 Å². The topological polar surface area (TPSA) is 12.0 Å². The Hall–Kier alpha value is 0.310. The third-order valence-corrected chi connectivity index (χ3v) is 4.94. The molecule has 1 N–H and O–H groups in total. The minimum absolute atomic E-state index is 0.758. The summed E-state index contributed by atoms with van der Waals surface area (Å²) in [6, 6.07) is 0.758. The van der Waals surface area contributed by atoms with E-state index in [1.165, 1.54) is 43.6 Å². The van der Waals surface area contributed by atoms with Crippen LogP contribution in [0.25, 0.3) is 0 Å². The van der Waals surface area contributed by atoms with Crippen molar-refractivity contribution in [1.82, 2.24) is 5.32 Å². The van der Waals surface area contributed by atoms with Crippen LogP contribution in [0.3, 0.4) is 0 Å². The van der Waals surface area contributed by atoms with Gasteiger partial charge in [-0.1, -0.05) is 26.7 Å². The molecule has 0 aromatic rings. The van der Waals surface area contributed by atoms with E-state index in [0.29, 0.717) is 0 Å². The second-order valence-electron chi connectivity index (χ2n) is 4.99. The van der Waals surface area contributed by atoms with E-state index in [9.17, 15) is 0 Å². The highest BCUT2D eigenvalue weighted by Crippen LogP contribution is 2.31. The molecule has 1 saturated carbocycles. The lowest BCUT2D eigenvalue weighted by Crippen LogP contribution is -2.37. The van der Waals surface area contributed by atoms with Crippen LogP contribution in [0.15, 0.2) is 0 Å². The second kappa shape index (κ2) is 7.56. The van der Waals surface area contributed by atoms with Gasteiger partial charge in [-0.25, -0.2) is 0 Å². The van der Waals surface area contributed by atoms with E-state index < -0.39 is 0 Å². The lowest BCUT2D eigenvalue weighted by molar-refractivity contribution is 0.248. The van der Waals surface area contributed by atoms with Crippen LogP contribution in [0.4, 0.5) is 0 Å². The van der Waals surface area contributed by atoms with Crippen LogP contribution in [0.5, 0.6) is 0 Å². The minimum Gasteiger partial charge on any atom is -0.316 e. The zero-order chi connectivity index (χ0) is 11.1. The molecule has 0 aliphatic heterocycles. The van der Waals surface area contributed by atoms with Crippen LogP contribution in [-0.2, 0) is 0 Å². The monoisotopic (exact) mass is 229 g/mol. The predicted molar refractivity (Wildman–Crippen MR) is 71.6 cm³/mol. The van der Waals surface area contributed by atoms with E-state index in [1.54, 1.807) is 0 Å². The molecule has 0 saturated heterocycles. The van der Waals surface area contributed by atoms with Gasteiger partial charge in [0.25, 0.3) is 0 Å². The molecule has 1 rings (SSSR count). The average molecular weight is 229 g/mol. The quantitative estimate of drug-likeness (QED) is 0.699. The second-order valence-corrected chi connectivity index (χ2v) is 6.14. The van der Waals surface area contributed by atoms with Gasteiger partial charge in [0.05, 0.1) is 0 Å². The van der Waals surface area contributed by atoms with Crippen molar-refractivity contribution in [3.63, 3.8) is 0 Å². The first kappa shape index (κ1) is 13.4. The van der Waals surface area contributed by atoms with Crippen molar-refractivity contribution in [3.05, 3.63) is 0 Å². The van der Waals surface area contributed by atoms with Crippen molar-refractivity contribution in [2.75, 3.05) is 18.6 Å². The zero-order valence-corrected chi connectivity index (χ0v) is 11.4. The largest absolute Gasteiger partial charge is 0.316 e. The molecule has 1 fully saturated rings. The van der Waals surface area contributed by atoms with Gasteiger partial charge < -0.3 is 5.32 Å². The Kier molecular flexibility index (Phi) is 6.74. The van der Waals surface area contributed by atoms with Gasteiger partial charge in [0.2, 0.25) is 0 Å². The fraction of sp³-hybridized carbons (Fsp3) is 1.00. The van der Waals surface area contributed by atoms with Crippen LogP contribution in [0.1, 0.15) is 46.0 Å². The third-order valence-electron chi connectivity index (χ3n) is 3.65. The average Bonchev–Trinajstić information content (AvgIpc) is 2.26. The fourth-order valence-electron chi connectivity index (χ4n) is 2.50. The van der Waals surface area contributed by atoms with Crippen LogP contribution >= 0.6 is 11.8 Å². The third kappa shape index (κ3) is 4.78. The fourth-order valence-corrected chi connectivity index (χ4v) is 3.65. The maximum atomic E-state index is 3.52. The zero-order valence-electron chi connectivity index (χ0n) is 10.6. The normalized spacial score (nSPS) is 29.0. The van der Waals surface area contributed by atoms with Gasteiger partial charge in [-0.2, -0.15) is 11.8 Å². The van der Waals surface area contributed by atoms with Crippen molar-refractivity contribution in [2.45, 2.75) is 52.0 Å². The molecule has 0 heterocycles. The Morgan fingerprint density at radius 1 is 1.27 bits per heavy atom. The number of rotatable bonds is 6. The molecule has 0 amide bonds. The summed E-state index contributed by atoms with van der Waals surface area (Å²) >= 11 is 2.12. The molecule has 15 heavy (non-hydrogen) atoms. The van der Waals surface area contributed by atoms with Crippen LogP contribution in [0, 0.1) is 11.8 Å². The van der Waals surface area contributed by atoms with Gasteiger partial charge in [0.1, 0.15) is 0 Å². The number of hydrogen-bond donors (Lipinski definition) is 1. The van der Waals surface area contributed by atoms with E-state index in [0.717, 1.165) is 17.9 Å². The van der Waals surface area contributed by atoms with Gasteiger partial charge in [0, 0.05) is 11.8 Å². The highest BCUT2D eigenvalue weighted by Gasteiger charge is 2.24. The smallest absolute Gasteiger partial charge is 0.0183 e. The summed E-state index contributed by atoms with van der Waals surface area (Å²) in [6.45, 7) is 4.67. The Labute approximate surface area is 99.8 Å². The molecule has 0 spiro atoms. The maximum Gasteiger partial charge on any atom is 0.0183 e. The van der Waals surface area contributed by atoms with Crippen molar-refractivity contribution < 1.29 is 0 Å². The Morgan fingerprint density at radius 3 is 2.47 bits per heavy atom. The molecule has 1 unspecified atom stereocenters.